The lowest BCUT2D eigenvalue weighted by Gasteiger charge is -2.02. The van der Waals surface area contributed by atoms with E-state index in [1.54, 1.807) is 30.3 Å². The van der Waals surface area contributed by atoms with Crippen molar-refractivity contribution < 1.29 is 14.7 Å². The molecule has 0 radical (unpaired) electrons. The minimum Gasteiger partial charge on any atom is -0.476 e. The van der Waals surface area contributed by atoms with E-state index in [1.807, 2.05) is 0 Å². The molecule has 1 aromatic carbocycles. The molecule has 0 unspecified atom stereocenters. The number of carboxylic acids is 1. The lowest BCUT2D eigenvalue weighted by atomic mass is 10.1. The predicted molar refractivity (Wildman–Crippen MR) is 70.1 cm³/mol. The first-order valence-electron chi connectivity index (χ1n) is 5.61. The Hall–Kier alpha value is -3.09. The molecule has 0 fully saturated rings. The van der Waals surface area contributed by atoms with Crippen LogP contribution in [0.25, 0.3) is 0 Å². The van der Waals surface area contributed by atoms with Gasteiger partial charge in [-0.25, -0.2) is 15.2 Å². The number of carbonyl (C=O) groups excluding carboxylic acids is 1. The van der Waals surface area contributed by atoms with Gasteiger partial charge >= 0.3 is 5.97 Å². The van der Waals surface area contributed by atoms with Gasteiger partial charge in [-0.3, -0.25) is 9.78 Å². The Morgan fingerprint density at radius 2 is 1.90 bits per heavy atom. The largest absolute Gasteiger partial charge is 0.476 e. The minimum atomic E-state index is -1.24. The van der Waals surface area contributed by atoms with Crippen molar-refractivity contribution in [2.75, 3.05) is 0 Å². The van der Waals surface area contributed by atoms with Crippen LogP contribution in [0.1, 0.15) is 16.1 Å². The third-order valence-electron chi connectivity index (χ3n) is 2.31. The fraction of sp³-hybridized carbons (Fsp3) is 0. The summed E-state index contributed by atoms with van der Waals surface area (Å²) in [5.41, 5.74) is 2.32. The molecule has 0 spiro atoms. The maximum atomic E-state index is 11.7. The molecule has 1 amide bonds. The standard InChI is InChI=1S/C13H10N4O3/c18-12(10-8-14-6-7-15-10)17-16-11(13(19)20)9-4-2-1-3-5-9/h1-8H,(H,17,18)(H,19,20). The summed E-state index contributed by atoms with van der Waals surface area (Å²) in [5.74, 6) is -1.87. The van der Waals surface area contributed by atoms with Crippen molar-refractivity contribution in [3.63, 3.8) is 0 Å². The summed E-state index contributed by atoms with van der Waals surface area (Å²) >= 11 is 0. The lowest BCUT2D eigenvalue weighted by molar-refractivity contribution is -0.129. The average molecular weight is 270 g/mol. The number of aliphatic carboxylic acids is 1. The molecule has 0 aliphatic rings. The fourth-order valence-electron chi connectivity index (χ4n) is 1.41. The zero-order chi connectivity index (χ0) is 14.4. The van der Waals surface area contributed by atoms with Crippen molar-refractivity contribution in [3.8, 4) is 0 Å². The van der Waals surface area contributed by atoms with Crippen molar-refractivity contribution in [2.45, 2.75) is 0 Å². The van der Waals surface area contributed by atoms with Gasteiger partial charge in [0.15, 0.2) is 5.71 Å². The summed E-state index contributed by atoms with van der Waals surface area (Å²) in [7, 11) is 0. The van der Waals surface area contributed by atoms with Gasteiger partial charge in [0.2, 0.25) is 0 Å². The number of aromatic nitrogens is 2. The summed E-state index contributed by atoms with van der Waals surface area (Å²) in [6.45, 7) is 0. The number of carbonyl (C=O) groups is 2. The van der Waals surface area contributed by atoms with Gasteiger partial charge in [-0.1, -0.05) is 30.3 Å². The number of hydrazone groups is 1. The third kappa shape index (κ3) is 3.22. The fourth-order valence-corrected chi connectivity index (χ4v) is 1.41. The van der Waals surface area contributed by atoms with Gasteiger partial charge in [0, 0.05) is 18.0 Å². The van der Waals surface area contributed by atoms with E-state index < -0.39 is 11.9 Å². The molecule has 20 heavy (non-hydrogen) atoms. The van der Waals surface area contributed by atoms with Gasteiger partial charge in [-0.05, 0) is 0 Å². The first-order valence-corrected chi connectivity index (χ1v) is 5.61. The molecule has 1 heterocycles. The van der Waals surface area contributed by atoms with Crippen LogP contribution in [0.5, 0.6) is 0 Å². The SMILES string of the molecule is O=C(O)C(=NNC(=O)c1cnccn1)c1ccccc1. The Morgan fingerprint density at radius 3 is 2.50 bits per heavy atom. The molecule has 1 aromatic heterocycles. The smallest absolute Gasteiger partial charge is 0.356 e. The summed E-state index contributed by atoms with van der Waals surface area (Å²) in [6.07, 6.45) is 4.04. The van der Waals surface area contributed by atoms with Crippen LogP contribution < -0.4 is 5.43 Å². The number of nitrogens with zero attached hydrogens (tertiary/aromatic N) is 3. The molecule has 0 atom stereocenters. The number of hydrogen-bond acceptors (Lipinski definition) is 5. The highest BCUT2D eigenvalue weighted by molar-refractivity contribution is 6.42. The molecule has 7 nitrogen and oxygen atoms in total. The van der Waals surface area contributed by atoms with Crippen molar-refractivity contribution in [2.24, 2.45) is 5.10 Å². The molecule has 2 aromatic rings. The Morgan fingerprint density at radius 1 is 1.15 bits per heavy atom. The van der Waals surface area contributed by atoms with Crippen LogP contribution >= 0.6 is 0 Å². The highest BCUT2D eigenvalue weighted by Gasteiger charge is 2.13. The molecule has 100 valence electrons. The molecule has 7 heteroatoms. The van der Waals surface area contributed by atoms with E-state index in [1.165, 1.54) is 18.6 Å². The first-order chi connectivity index (χ1) is 9.68. The maximum Gasteiger partial charge on any atom is 0.356 e. The molecular formula is C13H10N4O3. The Labute approximate surface area is 114 Å². The topological polar surface area (TPSA) is 105 Å². The normalized spacial score (nSPS) is 10.9. The zero-order valence-corrected chi connectivity index (χ0v) is 10.2. The van der Waals surface area contributed by atoms with Crippen molar-refractivity contribution >= 4 is 17.6 Å². The summed E-state index contributed by atoms with van der Waals surface area (Å²) < 4.78 is 0. The van der Waals surface area contributed by atoms with Crippen LogP contribution in [0, 0.1) is 0 Å². The number of hydrogen-bond donors (Lipinski definition) is 2. The van der Waals surface area contributed by atoms with E-state index in [0.29, 0.717) is 5.56 Å². The highest BCUT2D eigenvalue weighted by atomic mass is 16.4. The Bertz CT molecular complexity index is 641. The number of amides is 1. The van der Waals surface area contributed by atoms with Crippen LogP contribution in [0.3, 0.4) is 0 Å². The van der Waals surface area contributed by atoms with Gasteiger partial charge in [0.05, 0.1) is 6.20 Å². The van der Waals surface area contributed by atoms with E-state index in [2.05, 4.69) is 20.5 Å². The van der Waals surface area contributed by atoms with Gasteiger partial charge in [-0.2, -0.15) is 5.10 Å². The molecule has 0 bridgehead atoms. The monoisotopic (exact) mass is 270 g/mol. The first kappa shape index (κ1) is 13.3. The second kappa shape index (κ2) is 6.19. The van der Waals surface area contributed by atoms with Gasteiger partial charge in [0.1, 0.15) is 5.69 Å². The number of carboxylic acid groups (broad SMARTS) is 1. The molecule has 0 aliphatic carbocycles. The van der Waals surface area contributed by atoms with Crippen LogP contribution in [0.15, 0.2) is 54.0 Å². The van der Waals surface area contributed by atoms with E-state index in [9.17, 15) is 9.59 Å². The highest BCUT2D eigenvalue weighted by Crippen LogP contribution is 2.01. The van der Waals surface area contributed by atoms with Crippen molar-refractivity contribution in [1.82, 2.24) is 15.4 Å². The third-order valence-corrected chi connectivity index (χ3v) is 2.31. The van der Waals surface area contributed by atoms with E-state index in [4.69, 9.17) is 5.11 Å². The average Bonchev–Trinajstić information content (AvgIpc) is 2.49. The molecular weight excluding hydrogens is 260 g/mol. The van der Waals surface area contributed by atoms with E-state index >= 15 is 0 Å². The van der Waals surface area contributed by atoms with Crippen LogP contribution in [0.4, 0.5) is 0 Å². The second-order valence-electron chi connectivity index (χ2n) is 3.66. The van der Waals surface area contributed by atoms with Gasteiger partial charge < -0.3 is 5.11 Å². The van der Waals surface area contributed by atoms with E-state index in [0.717, 1.165) is 0 Å². The molecule has 2 N–H and O–H groups in total. The molecule has 0 saturated heterocycles. The number of nitrogens with one attached hydrogen (secondary N) is 1. The number of rotatable bonds is 4. The van der Waals surface area contributed by atoms with Crippen LogP contribution in [-0.4, -0.2) is 32.7 Å². The quantitative estimate of drug-likeness (QED) is 0.628. The maximum absolute atomic E-state index is 11.7. The predicted octanol–water partition coefficient (Wildman–Crippen LogP) is 0.695. The molecule has 2 rings (SSSR count). The van der Waals surface area contributed by atoms with Crippen molar-refractivity contribution in [1.29, 1.82) is 0 Å². The summed E-state index contributed by atoms with van der Waals surface area (Å²) in [5, 5.41) is 12.7. The van der Waals surface area contributed by atoms with Crippen molar-refractivity contribution in [3.05, 3.63) is 60.2 Å². The number of benzene rings is 1. The van der Waals surface area contributed by atoms with E-state index in [-0.39, 0.29) is 11.4 Å². The zero-order valence-electron chi connectivity index (χ0n) is 10.2. The lowest BCUT2D eigenvalue weighted by Crippen LogP contribution is -2.24. The second-order valence-corrected chi connectivity index (χ2v) is 3.66. The Kier molecular flexibility index (Phi) is 4.13. The molecule has 0 aliphatic heterocycles. The summed E-state index contributed by atoms with van der Waals surface area (Å²) in [4.78, 5) is 30.3. The van der Waals surface area contributed by atoms with Crippen LogP contribution in [0.2, 0.25) is 0 Å². The minimum absolute atomic E-state index is 0.0500. The van der Waals surface area contributed by atoms with Gasteiger partial charge in [-0.15, -0.1) is 0 Å². The Balaban J connectivity index is 2.19. The molecule has 0 saturated carbocycles. The summed E-state index contributed by atoms with van der Waals surface area (Å²) in [6, 6.07) is 8.28. The van der Waals surface area contributed by atoms with Gasteiger partial charge in [0.25, 0.3) is 5.91 Å². The van der Waals surface area contributed by atoms with Crippen LogP contribution in [-0.2, 0) is 4.79 Å².